The number of anilines is 1. The minimum atomic E-state index is -4.50. The highest BCUT2D eigenvalue weighted by molar-refractivity contribution is 5.95. The number of halogens is 3. The van der Waals surface area contributed by atoms with E-state index in [0.29, 0.717) is 0 Å². The summed E-state index contributed by atoms with van der Waals surface area (Å²) in [6.07, 6.45) is -1.69. The van der Waals surface area contributed by atoms with Crippen molar-refractivity contribution >= 4 is 11.6 Å². The molecule has 1 aromatic carbocycles. The van der Waals surface area contributed by atoms with Gasteiger partial charge in [-0.15, -0.1) is 0 Å². The van der Waals surface area contributed by atoms with Gasteiger partial charge < -0.3 is 11.1 Å². The van der Waals surface area contributed by atoms with E-state index >= 15 is 0 Å². The molecule has 1 aliphatic carbocycles. The molecule has 0 heterocycles. The summed E-state index contributed by atoms with van der Waals surface area (Å²) >= 11 is 0. The van der Waals surface area contributed by atoms with Crippen molar-refractivity contribution in [3.63, 3.8) is 0 Å². The molecule has 0 unspecified atom stereocenters. The molecule has 0 aromatic heterocycles. The van der Waals surface area contributed by atoms with E-state index in [2.05, 4.69) is 5.32 Å². The van der Waals surface area contributed by atoms with Crippen molar-refractivity contribution in [2.45, 2.75) is 37.9 Å². The Hall–Kier alpha value is -1.72. The largest absolute Gasteiger partial charge is 0.418 e. The Balaban J connectivity index is 2.18. The fourth-order valence-electron chi connectivity index (χ4n) is 2.14. The van der Waals surface area contributed by atoms with E-state index < -0.39 is 17.4 Å². The van der Waals surface area contributed by atoms with Gasteiger partial charge in [0.1, 0.15) is 0 Å². The monoisotopic (exact) mass is 272 g/mol. The van der Waals surface area contributed by atoms with Gasteiger partial charge in [0.2, 0.25) is 0 Å². The number of nitrogens with one attached hydrogen (secondary N) is 1. The zero-order valence-corrected chi connectivity index (χ0v) is 10.5. The van der Waals surface area contributed by atoms with Crippen LogP contribution >= 0.6 is 0 Å². The normalized spacial score (nSPS) is 17.7. The second-order valence-electron chi connectivity index (χ2n) is 5.17. The standard InChI is InChI=1S/C13H15F3N2O/c1-12(5-2-6-12)18-11(19)8-3-4-9(10(17)7-8)13(14,15)16/h3-4,7H,2,5-6,17H2,1H3,(H,18,19). The first-order valence-corrected chi connectivity index (χ1v) is 6.00. The molecular formula is C13H15F3N2O. The predicted octanol–water partition coefficient (Wildman–Crippen LogP) is 2.96. The summed E-state index contributed by atoms with van der Waals surface area (Å²) in [4.78, 5) is 11.9. The SMILES string of the molecule is CC1(NC(=O)c2ccc(C(F)(F)F)c(N)c2)CCC1. The van der Waals surface area contributed by atoms with Gasteiger partial charge in [-0.1, -0.05) is 0 Å². The summed E-state index contributed by atoms with van der Waals surface area (Å²) in [7, 11) is 0. The van der Waals surface area contributed by atoms with E-state index in [-0.39, 0.29) is 17.0 Å². The van der Waals surface area contributed by atoms with E-state index in [0.717, 1.165) is 37.5 Å². The third-order valence-electron chi connectivity index (χ3n) is 3.49. The Labute approximate surface area is 109 Å². The van der Waals surface area contributed by atoms with Crippen LogP contribution in [0.25, 0.3) is 0 Å². The predicted molar refractivity (Wildman–Crippen MR) is 65.6 cm³/mol. The lowest BCUT2D eigenvalue weighted by Crippen LogP contribution is -2.50. The minimum Gasteiger partial charge on any atom is -0.398 e. The Morgan fingerprint density at radius 1 is 1.37 bits per heavy atom. The van der Waals surface area contributed by atoms with Crippen molar-refractivity contribution in [1.82, 2.24) is 5.32 Å². The Morgan fingerprint density at radius 3 is 2.42 bits per heavy atom. The lowest BCUT2D eigenvalue weighted by Gasteiger charge is -2.39. The van der Waals surface area contributed by atoms with Gasteiger partial charge in [-0.05, 0) is 44.4 Å². The fourth-order valence-corrected chi connectivity index (χ4v) is 2.14. The van der Waals surface area contributed by atoms with Gasteiger partial charge in [0.05, 0.1) is 5.56 Å². The van der Waals surface area contributed by atoms with Gasteiger partial charge in [0.15, 0.2) is 0 Å². The van der Waals surface area contributed by atoms with Gasteiger partial charge in [-0.2, -0.15) is 13.2 Å². The Kier molecular flexibility index (Phi) is 3.20. The maximum absolute atomic E-state index is 12.5. The number of nitrogen functional groups attached to an aromatic ring is 1. The first kappa shape index (κ1) is 13.7. The van der Waals surface area contributed by atoms with Gasteiger partial charge in [0, 0.05) is 16.8 Å². The van der Waals surface area contributed by atoms with Crippen molar-refractivity contribution in [1.29, 1.82) is 0 Å². The molecule has 19 heavy (non-hydrogen) atoms. The zero-order chi connectivity index (χ0) is 14.3. The van der Waals surface area contributed by atoms with Crippen LogP contribution in [0.2, 0.25) is 0 Å². The number of nitrogens with two attached hydrogens (primary N) is 1. The van der Waals surface area contributed by atoms with Crippen molar-refractivity contribution < 1.29 is 18.0 Å². The molecule has 1 aliphatic rings. The molecule has 1 saturated carbocycles. The number of hydrogen-bond donors (Lipinski definition) is 2. The second-order valence-corrected chi connectivity index (χ2v) is 5.17. The zero-order valence-electron chi connectivity index (χ0n) is 10.5. The van der Waals surface area contributed by atoms with Gasteiger partial charge in [-0.25, -0.2) is 0 Å². The fraction of sp³-hybridized carbons (Fsp3) is 0.462. The van der Waals surface area contributed by atoms with Crippen LogP contribution in [0.4, 0.5) is 18.9 Å². The molecule has 0 radical (unpaired) electrons. The van der Waals surface area contributed by atoms with Gasteiger partial charge in [-0.3, -0.25) is 4.79 Å². The number of rotatable bonds is 2. The molecule has 2 rings (SSSR count). The number of hydrogen-bond acceptors (Lipinski definition) is 2. The number of carbonyl (C=O) groups excluding carboxylic acids is 1. The highest BCUT2D eigenvalue weighted by atomic mass is 19.4. The molecule has 0 saturated heterocycles. The molecule has 0 atom stereocenters. The van der Waals surface area contributed by atoms with Crippen LogP contribution in [-0.4, -0.2) is 11.4 Å². The summed E-state index contributed by atoms with van der Waals surface area (Å²) < 4.78 is 37.6. The van der Waals surface area contributed by atoms with Crippen LogP contribution in [0.15, 0.2) is 18.2 Å². The minimum absolute atomic E-state index is 0.152. The molecule has 104 valence electrons. The van der Waals surface area contributed by atoms with Crippen LogP contribution in [0.3, 0.4) is 0 Å². The summed E-state index contributed by atoms with van der Waals surface area (Å²) in [5, 5.41) is 2.82. The van der Waals surface area contributed by atoms with Crippen molar-refractivity contribution in [2.75, 3.05) is 5.73 Å². The Morgan fingerprint density at radius 2 is 2.00 bits per heavy atom. The van der Waals surface area contributed by atoms with E-state index in [1.165, 1.54) is 0 Å². The van der Waals surface area contributed by atoms with E-state index in [1.807, 2.05) is 6.92 Å². The van der Waals surface area contributed by atoms with Crippen LogP contribution in [0, 0.1) is 0 Å². The van der Waals surface area contributed by atoms with E-state index in [1.54, 1.807) is 0 Å². The number of alkyl halides is 3. The molecule has 1 amide bonds. The van der Waals surface area contributed by atoms with Crippen LogP contribution < -0.4 is 11.1 Å². The molecule has 1 fully saturated rings. The molecule has 3 nitrogen and oxygen atoms in total. The average Bonchev–Trinajstić information content (AvgIpc) is 2.24. The molecular weight excluding hydrogens is 257 g/mol. The average molecular weight is 272 g/mol. The molecule has 3 N–H and O–H groups in total. The third kappa shape index (κ3) is 2.83. The lowest BCUT2D eigenvalue weighted by molar-refractivity contribution is -0.136. The van der Waals surface area contributed by atoms with Crippen LogP contribution in [0.1, 0.15) is 42.1 Å². The van der Waals surface area contributed by atoms with Crippen molar-refractivity contribution in [2.24, 2.45) is 0 Å². The number of benzene rings is 1. The topological polar surface area (TPSA) is 55.1 Å². The Bertz CT molecular complexity index is 507. The van der Waals surface area contributed by atoms with Crippen molar-refractivity contribution in [3.05, 3.63) is 29.3 Å². The first-order valence-electron chi connectivity index (χ1n) is 6.00. The maximum atomic E-state index is 12.5. The smallest absolute Gasteiger partial charge is 0.398 e. The molecule has 0 spiro atoms. The van der Waals surface area contributed by atoms with Crippen molar-refractivity contribution in [3.8, 4) is 0 Å². The quantitative estimate of drug-likeness (QED) is 0.813. The summed E-state index contributed by atoms with van der Waals surface area (Å²) in [5.74, 6) is -0.386. The summed E-state index contributed by atoms with van der Waals surface area (Å²) in [5.41, 5.74) is 3.92. The van der Waals surface area contributed by atoms with Gasteiger partial charge >= 0.3 is 6.18 Å². The summed E-state index contributed by atoms with van der Waals surface area (Å²) in [6, 6.07) is 3.06. The number of carbonyl (C=O) groups is 1. The maximum Gasteiger partial charge on any atom is 0.418 e. The lowest BCUT2D eigenvalue weighted by atomic mass is 9.78. The molecule has 0 aliphatic heterocycles. The molecule has 6 heteroatoms. The highest BCUT2D eigenvalue weighted by Gasteiger charge is 2.35. The van der Waals surface area contributed by atoms with E-state index in [9.17, 15) is 18.0 Å². The third-order valence-corrected chi connectivity index (χ3v) is 3.49. The highest BCUT2D eigenvalue weighted by Crippen LogP contribution is 2.34. The summed E-state index contributed by atoms with van der Waals surface area (Å²) in [6.45, 7) is 1.92. The van der Waals surface area contributed by atoms with Gasteiger partial charge in [0.25, 0.3) is 5.91 Å². The number of amides is 1. The molecule has 1 aromatic rings. The first-order chi connectivity index (χ1) is 8.71. The van der Waals surface area contributed by atoms with Crippen LogP contribution in [0.5, 0.6) is 0 Å². The second kappa shape index (κ2) is 4.43. The van der Waals surface area contributed by atoms with E-state index in [4.69, 9.17) is 5.73 Å². The van der Waals surface area contributed by atoms with Crippen LogP contribution in [-0.2, 0) is 6.18 Å². The molecule has 0 bridgehead atoms.